The van der Waals surface area contributed by atoms with Crippen LogP contribution < -0.4 is 0 Å². The van der Waals surface area contributed by atoms with Crippen LogP contribution in [0.1, 0.15) is 103 Å². The molecule has 0 aromatic carbocycles. The normalized spacial score (nSPS) is 10.1. The third kappa shape index (κ3) is 58.2. The zero-order valence-electron chi connectivity index (χ0n) is 31.8. The molecule has 0 radical (unpaired) electrons. The highest BCUT2D eigenvalue weighted by atomic mass is 35.5. The van der Waals surface area contributed by atoms with Crippen molar-refractivity contribution in [2.24, 2.45) is 0 Å². The lowest BCUT2D eigenvalue weighted by Crippen LogP contribution is -2.14. The number of unbranched alkanes of at least 4 members (excludes halogenated alkanes) is 8. The number of ether oxygens (including phenoxy) is 8. The van der Waals surface area contributed by atoms with E-state index in [0.717, 1.165) is 25.7 Å². The third-order valence-corrected chi connectivity index (χ3v) is 6.74. The molecule has 0 aromatic rings. The van der Waals surface area contributed by atoms with Gasteiger partial charge in [-0.05, 0) is 87.4 Å². The second-order valence-corrected chi connectivity index (χ2v) is 12.7. The van der Waals surface area contributed by atoms with Gasteiger partial charge in [0.15, 0.2) is 0 Å². The number of aliphatic hydroxyl groups is 2. The van der Waals surface area contributed by atoms with Gasteiger partial charge in [-0.2, -0.15) is 0 Å². The maximum atomic E-state index is 11.5. The van der Waals surface area contributed by atoms with Gasteiger partial charge in [0.2, 0.25) is 0 Å². The molecule has 0 atom stereocenters. The molecule has 0 aliphatic rings. The van der Waals surface area contributed by atoms with E-state index in [1.54, 1.807) is 0 Å². The molecule has 56 heavy (non-hydrogen) atoms. The Kier molecular flexibility index (Phi) is 48.4. The van der Waals surface area contributed by atoms with Crippen molar-refractivity contribution in [1.29, 1.82) is 0 Å². The average Bonchev–Trinajstić information content (AvgIpc) is 3.13. The molecule has 0 heterocycles. The van der Waals surface area contributed by atoms with Crippen LogP contribution in [-0.2, 0) is 57.1 Å². The molecule has 0 amide bonds. The van der Waals surface area contributed by atoms with Crippen molar-refractivity contribution in [3.05, 3.63) is 0 Å². The number of esters is 4. The van der Waals surface area contributed by atoms with Crippen molar-refractivity contribution in [1.82, 2.24) is 0 Å². The van der Waals surface area contributed by atoms with Crippen molar-refractivity contribution in [2.45, 2.75) is 103 Å². The fourth-order valence-electron chi connectivity index (χ4n) is 3.87. The van der Waals surface area contributed by atoms with Crippen LogP contribution in [0.2, 0.25) is 0 Å². The van der Waals surface area contributed by atoms with Gasteiger partial charge in [-0.25, -0.2) is 9.59 Å². The molecule has 0 unspecified atom stereocenters. The summed E-state index contributed by atoms with van der Waals surface area (Å²) >= 11 is 18.8. The zero-order chi connectivity index (χ0) is 42.5. The van der Waals surface area contributed by atoms with Crippen LogP contribution in [0, 0.1) is 0 Å². The number of hydrogen-bond acceptors (Lipinski definition) is 17. The molecular formula is C35H58Cl4O17. The maximum Gasteiger partial charge on any atom is 0.403 e. The first-order valence-electron chi connectivity index (χ1n) is 18.3. The average molecular weight is 893 g/mol. The van der Waals surface area contributed by atoms with Gasteiger partial charge in [-0.15, -0.1) is 0 Å². The van der Waals surface area contributed by atoms with Gasteiger partial charge < -0.3 is 48.1 Å². The number of rotatable bonds is 34. The molecule has 0 aromatic heterocycles. The molecule has 0 aliphatic heterocycles. The first-order valence-corrected chi connectivity index (χ1v) is 19.9. The van der Waals surface area contributed by atoms with Crippen molar-refractivity contribution >= 4 is 85.8 Å². The van der Waals surface area contributed by atoms with Crippen molar-refractivity contribution in [3.8, 4) is 0 Å². The summed E-state index contributed by atoms with van der Waals surface area (Å²) in [6.07, 6.45) is 9.72. The molecule has 0 saturated carbocycles. The predicted molar refractivity (Wildman–Crippen MR) is 205 cm³/mol. The number of carbonyl (C=O) groups is 7. The highest BCUT2D eigenvalue weighted by Gasteiger charge is 2.06. The molecule has 328 valence electrons. The van der Waals surface area contributed by atoms with Crippen LogP contribution in [0.5, 0.6) is 0 Å². The van der Waals surface area contributed by atoms with E-state index >= 15 is 0 Å². The van der Waals surface area contributed by atoms with E-state index in [-0.39, 0.29) is 116 Å². The fraction of sp³-hybridized carbons (Fsp3) is 0.800. The van der Waals surface area contributed by atoms with E-state index in [9.17, 15) is 28.8 Å². The SMILES string of the molecule is O=C(CCCCCO)OCCOCCOC(=O)CCCCCO.O=C(Cl)Cl.O=C(Cl)OCCCCCC(=O)OCCOCCOC(=O)CCCCCOC(=O)Cl. The van der Waals surface area contributed by atoms with Crippen LogP contribution in [0.15, 0.2) is 0 Å². The summed E-state index contributed by atoms with van der Waals surface area (Å²) < 4.78 is 38.6. The number of carbonyl (C=O) groups excluding carboxylic acids is 7. The molecule has 0 fully saturated rings. The highest BCUT2D eigenvalue weighted by Crippen LogP contribution is 2.05. The van der Waals surface area contributed by atoms with Crippen molar-refractivity contribution in [2.75, 3.05) is 79.3 Å². The van der Waals surface area contributed by atoms with E-state index in [1.807, 2.05) is 0 Å². The summed E-state index contributed by atoms with van der Waals surface area (Å²) in [5.74, 6) is -1.17. The van der Waals surface area contributed by atoms with Gasteiger partial charge in [-0.3, -0.25) is 24.0 Å². The Hall–Kier alpha value is -2.51. The third-order valence-electron chi connectivity index (χ3n) is 6.52. The molecule has 0 saturated heterocycles. The van der Waals surface area contributed by atoms with E-state index < -0.39 is 15.6 Å². The Morgan fingerprint density at radius 1 is 0.321 bits per heavy atom. The highest BCUT2D eigenvalue weighted by molar-refractivity contribution is 6.93. The minimum absolute atomic E-state index is 0.128. The summed E-state index contributed by atoms with van der Waals surface area (Å²) in [6, 6.07) is 0. The summed E-state index contributed by atoms with van der Waals surface area (Å²) in [7, 11) is 0. The van der Waals surface area contributed by atoms with Crippen molar-refractivity contribution < 1.29 is 81.7 Å². The molecule has 0 rings (SSSR count). The van der Waals surface area contributed by atoms with Gasteiger partial charge in [0.1, 0.15) is 26.4 Å². The summed E-state index contributed by atoms with van der Waals surface area (Å²) in [5.41, 5.74) is -1.66. The van der Waals surface area contributed by atoms with Crippen LogP contribution in [0.3, 0.4) is 0 Å². The Balaban J connectivity index is -0.000000934. The second-order valence-electron chi connectivity index (χ2n) is 11.2. The van der Waals surface area contributed by atoms with Gasteiger partial charge >= 0.3 is 39.4 Å². The summed E-state index contributed by atoms with van der Waals surface area (Å²) in [6.45, 7) is 2.39. The van der Waals surface area contributed by atoms with Gasteiger partial charge in [-0.1, -0.05) is 12.8 Å². The first kappa shape index (κ1) is 57.8. The number of halogens is 4. The predicted octanol–water partition coefficient (Wildman–Crippen LogP) is 6.74. The standard InChI is InChI=1S/C18H28Cl2O9.C16H30O7.CCl2O/c19-17(23)28-9-5-1-3-7-15(21)26-13-11-25-12-14-27-16(22)8-4-2-6-10-29-18(20)24;17-9-5-1-3-7-15(19)22-13-11-21-12-14-23-16(20)8-4-2-6-10-18;2-1(3)4/h1-14H2;17-18H,1-14H2;. The lowest BCUT2D eigenvalue weighted by atomic mass is 10.2. The molecule has 0 aliphatic carbocycles. The van der Waals surface area contributed by atoms with Crippen LogP contribution >= 0.6 is 46.4 Å². The number of aliphatic hydroxyl groups excluding tert-OH is 2. The molecule has 0 bridgehead atoms. The lowest BCUT2D eigenvalue weighted by Gasteiger charge is -2.07. The van der Waals surface area contributed by atoms with Gasteiger partial charge in [0, 0.05) is 62.1 Å². The van der Waals surface area contributed by atoms with E-state index in [2.05, 4.69) is 32.7 Å². The Morgan fingerprint density at radius 3 is 0.804 bits per heavy atom. The Labute approximate surface area is 348 Å². The van der Waals surface area contributed by atoms with E-state index in [4.69, 9.17) is 66.6 Å². The smallest absolute Gasteiger partial charge is 0.403 e. The van der Waals surface area contributed by atoms with Gasteiger partial charge in [0.05, 0.1) is 39.6 Å². The minimum atomic E-state index is -0.889. The molecule has 2 N–H and O–H groups in total. The zero-order valence-corrected chi connectivity index (χ0v) is 34.9. The monoisotopic (exact) mass is 890 g/mol. The maximum absolute atomic E-state index is 11.5. The molecule has 17 nitrogen and oxygen atoms in total. The number of hydrogen-bond donors (Lipinski definition) is 2. The topological polar surface area (TPSA) is 234 Å². The quantitative estimate of drug-likeness (QED) is 0.0295. The van der Waals surface area contributed by atoms with E-state index in [0.29, 0.717) is 64.2 Å². The minimum Gasteiger partial charge on any atom is -0.463 e. The van der Waals surface area contributed by atoms with Gasteiger partial charge in [0.25, 0.3) is 0 Å². The fourth-order valence-corrected chi connectivity index (χ4v) is 4.02. The van der Waals surface area contributed by atoms with Crippen LogP contribution in [0.4, 0.5) is 14.4 Å². The largest absolute Gasteiger partial charge is 0.463 e. The van der Waals surface area contributed by atoms with E-state index in [1.165, 1.54) is 0 Å². The molecule has 0 spiro atoms. The first-order chi connectivity index (χ1) is 26.8. The Morgan fingerprint density at radius 2 is 0.571 bits per heavy atom. The molecule has 21 heteroatoms. The van der Waals surface area contributed by atoms with Crippen LogP contribution in [-0.4, -0.2) is 129 Å². The Bertz CT molecular complexity index is 947. The van der Waals surface area contributed by atoms with Crippen LogP contribution in [0.25, 0.3) is 0 Å². The summed E-state index contributed by atoms with van der Waals surface area (Å²) in [4.78, 5) is 75.2. The second kappa shape index (κ2) is 46.9. The molecular weight excluding hydrogens is 834 g/mol. The summed E-state index contributed by atoms with van der Waals surface area (Å²) in [5, 5.41) is 17.2. The van der Waals surface area contributed by atoms with Crippen molar-refractivity contribution in [3.63, 3.8) is 0 Å². The lowest BCUT2D eigenvalue weighted by molar-refractivity contribution is -0.148.